The third kappa shape index (κ3) is 3.17. The molecule has 1 radical (unpaired) electrons. The van der Waals surface area contributed by atoms with E-state index in [4.69, 9.17) is 0 Å². The molecule has 1 heteroatoms. The zero-order valence-corrected chi connectivity index (χ0v) is 18.7. The van der Waals surface area contributed by atoms with Gasteiger partial charge in [0.1, 0.15) is 0 Å². The maximum atomic E-state index is 3.42. The molecule has 0 atom stereocenters. The van der Waals surface area contributed by atoms with E-state index in [1.165, 1.54) is 43.1 Å². The van der Waals surface area contributed by atoms with Gasteiger partial charge in [-0.3, -0.25) is 0 Å². The fraction of sp³-hybridized carbons (Fsp3) is 0. The first-order valence-electron chi connectivity index (χ1n) is 9.53. The SMILES string of the molecule is [Y].[c-]1ccccc1-c1[c-]ccc2cc3cc4cc5ccccc5cc4cc3cc12. The normalized spacial score (nSPS) is 11.2. The summed E-state index contributed by atoms with van der Waals surface area (Å²) in [6.45, 7) is 0. The Kier molecular flexibility index (Phi) is 4.70. The van der Waals surface area contributed by atoms with Crippen molar-refractivity contribution >= 4 is 43.1 Å². The summed E-state index contributed by atoms with van der Waals surface area (Å²) in [5.41, 5.74) is 2.19. The van der Waals surface area contributed by atoms with E-state index in [9.17, 15) is 0 Å². The van der Waals surface area contributed by atoms with Crippen LogP contribution in [0.4, 0.5) is 0 Å². The molecule has 6 aromatic rings. The molecule has 0 amide bonds. The predicted octanol–water partition coefficient (Wildman–Crippen LogP) is 7.56. The number of fused-ring (bicyclic) bond motifs is 4. The van der Waals surface area contributed by atoms with Crippen molar-refractivity contribution in [3.05, 3.63) is 109 Å². The van der Waals surface area contributed by atoms with Gasteiger partial charge in [0, 0.05) is 32.7 Å². The first-order chi connectivity index (χ1) is 13.8. The Morgan fingerprint density at radius 3 is 1.69 bits per heavy atom. The van der Waals surface area contributed by atoms with Crippen LogP contribution in [0.25, 0.3) is 54.2 Å². The van der Waals surface area contributed by atoms with Gasteiger partial charge in [0.05, 0.1) is 0 Å². The van der Waals surface area contributed by atoms with Crippen LogP contribution in [0.3, 0.4) is 0 Å². The minimum absolute atomic E-state index is 0. The third-order valence-electron chi connectivity index (χ3n) is 5.57. The minimum Gasteiger partial charge on any atom is -0.226 e. The molecule has 0 N–H and O–H groups in total. The summed E-state index contributed by atoms with van der Waals surface area (Å²) in [7, 11) is 0. The monoisotopic (exact) mass is 441 g/mol. The van der Waals surface area contributed by atoms with Crippen LogP contribution >= 0.6 is 0 Å². The molecule has 29 heavy (non-hydrogen) atoms. The van der Waals surface area contributed by atoms with Crippen LogP contribution < -0.4 is 0 Å². The van der Waals surface area contributed by atoms with Crippen molar-refractivity contribution in [1.29, 1.82) is 0 Å². The van der Waals surface area contributed by atoms with Crippen LogP contribution in [0, 0.1) is 12.1 Å². The summed E-state index contributed by atoms with van der Waals surface area (Å²) in [6, 6.07) is 41.4. The Labute approximate surface area is 195 Å². The number of rotatable bonds is 1. The predicted molar refractivity (Wildman–Crippen MR) is 120 cm³/mol. The molecule has 0 fully saturated rings. The number of hydrogen-bond acceptors (Lipinski definition) is 0. The van der Waals surface area contributed by atoms with E-state index < -0.39 is 0 Å². The maximum absolute atomic E-state index is 3.42. The molecular formula is C28H16Y-2. The van der Waals surface area contributed by atoms with E-state index in [0.717, 1.165) is 11.1 Å². The Hall–Kier alpha value is -2.54. The van der Waals surface area contributed by atoms with E-state index in [-0.39, 0.29) is 32.7 Å². The molecule has 0 aliphatic carbocycles. The molecule has 133 valence electrons. The summed E-state index contributed by atoms with van der Waals surface area (Å²) in [4.78, 5) is 0. The van der Waals surface area contributed by atoms with Crippen molar-refractivity contribution in [3.63, 3.8) is 0 Å². The van der Waals surface area contributed by atoms with Crippen LogP contribution in [-0.4, -0.2) is 0 Å². The first-order valence-corrected chi connectivity index (χ1v) is 9.53. The molecule has 0 heterocycles. The summed E-state index contributed by atoms with van der Waals surface area (Å²) < 4.78 is 0. The zero-order valence-electron chi connectivity index (χ0n) is 15.8. The summed E-state index contributed by atoms with van der Waals surface area (Å²) in [5, 5.41) is 10.1. The van der Waals surface area contributed by atoms with Gasteiger partial charge in [0.15, 0.2) is 0 Å². The van der Waals surface area contributed by atoms with Crippen molar-refractivity contribution < 1.29 is 32.7 Å². The van der Waals surface area contributed by atoms with Crippen molar-refractivity contribution in [2.75, 3.05) is 0 Å². The average molecular weight is 441 g/mol. The quantitative estimate of drug-likeness (QED) is 0.182. The standard InChI is InChI=1S/C28H16.Y/c1-2-7-19(8-3-1)27-12-6-11-22-15-25-16-23-13-20-9-4-5-10-21(20)14-24(23)17-26(25)18-28(22)27;/h1-7,9-11,13-18H;/q-2;. The first kappa shape index (κ1) is 18.5. The van der Waals surface area contributed by atoms with Gasteiger partial charge < -0.3 is 0 Å². The van der Waals surface area contributed by atoms with Crippen molar-refractivity contribution in [3.8, 4) is 11.1 Å². The molecule has 0 aliphatic heterocycles. The van der Waals surface area contributed by atoms with Crippen molar-refractivity contribution in [1.82, 2.24) is 0 Å². The maximum Gasteiger partial charge on any atom is 0 e. The summed E-state index contributed by atoms with van der Waals surface area (Å²) >= 11 is 0. The van der Waals surface area contributed by atoms with E-state index in [0.29, 0.717) is 0 Å². The molecule has 0 aliphatic rings. The van der Waals surface area contributed by atoms with Gasteiger partial charge in [-0.25, -0.2) is 11.1 Å². The average Bonchev–Trinajstić information content (AvgIpc) is 2.75. The van der Waals surface area contributed by atoms with Gasteiger partial charge in [-0.05, 0) is 56.6 Å². The topological polar surface area (TPSA) is 0 Å². The van der Waals surface area contributed by atoms with Crippen molar-refractivity contribution in [2.45, 2.75) is 0 Å². The van der Waals surface area contributed by atoms with Crippen LogP contribution in [0.5, 0.6) is 0 Å². The van der Waals surface area contributed by atoms with Gasteiger partial charge in [-0.15, -0.1) is 22.9 Å². The Bertz CT molecular complexity index is 1500. The Morgan fingerprint density at radius 1 is 0.448 bits per heavy atom. The fourth-order valence-corrected chi connectivity index (χ4v) is 4.18. The molecule has 0 saturated carbocycles. The Balaban J connectivity index is 0.00000181. The van der Waals surface area contributed by atoms with Crippen LogP contribution in [-0.2, 0) is 32.7 Å². The molecule has 6 rings (SSSR count). The van der Waals surface area contributed by atoms with Gasteiger partial charge >= 0.3 is 0 Å². The Morgan fingerprint density at radius 2 is 1.03 bits per heavy atom. The summed E-state index contributed by atoms with van der Waals surface area (Å²) in [5.74, 6) is 0. The van der Waals surface area contributed by atoms with E-state index in [1.807, 2.05) is 18.2 Å². The molecular weight excluding hydrogens is 425 g/mol. The van der Waals surface area contributed by atoms with Gasteiger partial charge in [0.25, 0.3) is 0 Å². The molecule has 6 aromatic carbocycles. The van der Waals surface area contributed by atoms with Gasteiger partial charge in [0.2, 0.25) is 0 Å². The molecule has 0 spiro atoms. The third-order valence-corrected chi connectivity index (χ3v) is 5.57. The molecule has 0 unspecified atom stereocenters. The molecule has 0 nitrogen and oxygen atoms in total. The van der Waals surface area contributed by atoms with E-state index in [2.05, 4.69) is 91.0 Å². The van der Waals surface area contributed by atoms with Crippen LogP contribution in [0.15, 0.2) is 97.1 Å². The molecule has 0 aromatic heterocycles. The number of hydrogen-bond donors (Lipinski definition) is 0. The molecule has 0 bridgehead atoms. The van der Waals surface area contributed by atoms with Crippen LogP contribution in [0.1, 0.15) is 0 Å². The second kappa shape index (κ2) is 7.37. The summed E-state index contributed by atoms with van der Waals surface area (Å²) in [6.07, 6.45) is 0. The second-order valence-electron chi connectivity index (χ2n) is 7.31. The molecule has 0 saturated heterocycles. The number of benzene rings is 6. The van der Waals surface area contributed by atoms with Crippen molar-refractivity contribution in [2.24, 2.45) is 0 Å². The van der Waals surface area contributed by atoms with E-state index in [1.54, 1.807) is 0 Å². The minimum atomic E-state index is 0. The zero-order chi connectivity index (χ0) is 18.5. The fourth-order valence-electron chi connectivity index (χ4n) is 4.18. The van der Waals surface area contributed by atoms with Crippen LogP contribution in [0.2, 0.25) is 0 Å². The second-order valence-corrected chi connectivity index (χ2v) is 7.31. The van der Waals surface area contributed by atoms with Gasteiger partial charge in [-0.2, -0.15) is 36.4 Å². The largest absolute Gasteiger partial charge is 0.226 e. The van der Waals surface area contributed by atoms with E-state index >= 15 is 0 Å². The smallest absolute Gasteiger partial charge is 0 e. The van der Waals surface area contributed by atoms with Gasteiger partial charge in [-0.1, -0.05) is 36.4 Å².